The molecule has 4 rings (SSSR count). The fraction of sp³-hybridized carbons (Fsp3) is 0.944. The summed E-state index contributed by atoms with van der Waals surface area (Å²) in [5, 5.41) is 3.43. The van der Waals surface area contributed by atoms with Crippen LogP contribution in [0.2, 0.25) is 0 Å². The predicted molar refractivity (Wildman–Crippen MR) is 87.6 cm³/mol. The van der Waals surface area contributed by atoms with Gasteiger partial charge in [-0.25, -0.2) is 0 Å². The zero-order valence-corrected chi connectivity index (χ0v) is 13.9. The lowest BCUT2D eigenvalue weighted by molar-refractivity contribution is -0.132. The molecule has 0 aromatic heterocycles. The molecule has 4 heteroatoms. The van der Waals surface area contributed by atoms with Crippen LogP contribution in [-0.4, -0.2) is 61.5 Å². The molecule has 4 nitrogen and oxygen atoms in total. The van der Waals surface area contributed by atoms with Crippen molar-refractivity contribution in [2.24, 2.45) is 17.3 Å². The molecule has 1 amide bonds. The molecule has 4 aliphatic rings. The highest BCUT2D eigenvalue weighted by Gasteiger charge is 2.58. The molecule has 3 heterocycles. The number of nitrogens with one attached hydrogen (secondary N) is 1. The van der Waals surface area contributed by atoms with Crippen molar-refractivity contribution in [2.75, 3.05) is 45.8 Å². The molecule has 1 spiro atoms. The fourth-order valence-electron chi connectivity index (χ4n) is 5.08. The molecule has 2 atom stereocenters. The standard InChI is InChI=1S/C18H31N3O/c22-17(16-12-18(16)5-7-19-8-6-18)21-11-4-15(14-21)13-20-9-2-1-3-10-20/h15-16,19H,1-14H2. The molecule has 3 aliphatic heterocycles. The number of carbonyl (C=O) groups excluding carboxylic acids is 1. The van der Waals surface area contributed by atoms with Crippen molar-refractivity contribution < 1.29 is 4.79 Å². The summed E-state index contributed by atoms with van der Waals surface area (Å²) in [6.45, 7) is 8.06. The van der Waals surface area contributed by atoms with Gasteiger partial charge in [-0.05, 0) is 76.0 Å². The van der Waals surface area contributed by atoms with Gasteiger partial charge in [-0.1, -0.05) is 6.42 Å². The van der Waals surface area contributed by atoms with Crippen molar-refractivity contribution in [2.45, 2.75) is 44.9 Å². The van der Waals surface area contributed by atoms with Gasteiger partial charge >= 0.3 is 0 Å². The molecule has 22 heavy (non-hydrogen) atoms. The minimum absolute atomic E-state index is 0.364. The first-order valence-corrected chi connectivity index (χ1v) is 9.49. The Balaban J connectivity index is 1.27. The highest BCUT2D eigenvalue weighted by Crippen LogP contribution is 2.59. The SMILES string of the molecule is O=C(C1CC12CCNCC2)N1CCC(CN2CCCCC2)C1. The Labute approximate surface area is 134 Å². The van der Waals surface area contributed by atoms with Crippen molar-refractivity contribution in [3.8, 4) is 0 Å². The van der Waals surface area contributed by atoms with Crippen molar-refractivity contribution >= 4 is 5.91 Å². The molecule has 4 fully saturated rings. The van der Waals surface area contributed by atoms with Gasteiger partial charge in [0.1, 0.15) is 0 Å². The lowest BCUT2D eigenvalue weighted by Crippen LogP contribution is -2.37. The first kappa shape index (κ1) is 14.9. The van der Waals surface area contributed by atoms with Gasteiger partial charge in [0.05, 0.1) is 0 Å². The number of hydrogen-bond donors (Lipinski definition) is 1. The number of piperidine rings is 2. The Morgan fingerprint density at radius 2 is 1.86 bits per heavy atom. The number of carbonyl (C=O) groups is 1. The molecule has 1 N–H and O–H groups in total. The maximum absolute atomic E-state index is 12.8. The molecule has 0 aromatic carbocycles. The van der Waals surface area contributed by atoms with Gasteiger partial charge < -0.3 is 15.1 Å². The Hall–Kier alpha value is -0.610. The summed E-state index contributed by atoms with van der Waals surface area (Å²) in [5.74, 6) is 1.58. The maximum atomic E-state index is 12.8. The highest BCUT2D eigenvalue weighted by molar-refractivity contribution is 5.83. The summed E-state index contributed by atoms with van der Waals surface area (Å²) in [7, 11) is 0. The molecular formula is C18H31N3O. The van der Waals surface area contributed by atoms with E-state index in [4.69, 9.17) is 0 Å². The first-order valence-electron chi connectivity index (χ1n) is 9.49. The first-order chi connectivity index (χ1) is 10.8. The van der Waals surface area contributed by atoms with Gasteiger partial charge in [-0.2, -0.15) is 0 Å². The lowest BCUT2D eigenvalue weighted by Gasteiger charge is -2.29. The number of amides is 1. The van der Waals surface area contributed by atoms with Gasteiger partial charge in [-0.15, -0.1) is 0 Å². The van der Waals surface area contributed by atoms with Crippen LogP contribution in [0.5, 0.6) is 0 Å². The minimum Gasteiger partial charge on any atom is -0.342 e. The molecule has 124 valence electrons. The van der Waals surface area contributed by atoms with E-state index in [1.807, 2.05) is 0 Å². The normalized spacial score (nSPS) is 35.0. The Morgan fingerprint density at radius 1 is 1.09 bits per heavy atom. The van der Waals surface area contributed by atoms with E-state index in [-0.39, 0.29) is 0 Å². The van der Waals surface area contributed by atoms with Crippen LogP contribution >= 0.6 is 0 Å². The monoisotopic (exact) mass is 305 g/mol. The number of likely N-dealkylation sites (tertiary alicyclic amines) is 2. The number of rotatable bonds is 3. The summed E-state index contributed by atoms with van der Waals surface area (Å²) < 4.78 is 0. The summed E-state index contributed by atoms with van der Waals surface area (Å²) in [5.41, 5.74) is 0.396. The van der Waals surface area contributed by atoms with Crippen molar-refractivity contribution in [1.82, 2.24) is 15.1 Å². The molecule has 1 aliphatic carbocycles. The lowest BCUT2D eigenvalue weighted by atomic mass is 9.91. The van der Waals surface area contributed by atoms with Crippen molar-refractivity contribution in [3.05, 3.63) is 0 Å². The number of nitrogens with zero attached hydrogens (tertiary/aromatic N) is 2. The topological polar surface area (TPSA) is 35.6 Å². The van der Waals surface area contributed by atoms with E-state index in [1.54, 1.807) is 0 Å². The largest absolute Gasteiger partial charge is 0.342 e. The van der Waals surface area contributed by atoms with Crippen LogP contribution in [0.3, 0.4) is 0 Å². The third kappa shape index (κ3) is 2.92. The number of hydrogen-bond acceptors (Lipinski definition) is 3. The second-order valence-corrected chi connectivity index (χ2v) is 8.17. The van der Waals surface area contributed by atoms with E-state index in [0.29, 0.717) is 17.2 Å². The molecule has 2 unspecified atom stereocenters. The Kier molecular flexibility index (Phi) is 4.16. The zero-order chi connectivity index (χ0) is 15.0. The van der Waals surface area contributed by atoms with E-state index in [9.17, 15) is 4.79 Å². The summed E-state index contributed by atoms with van der Waals surface area (Å²) in [4.78, 5) is 17.6. The average Bonchev–Trinajstić information content (AvgIpc) is 3.03. The van der Waals surface area contributed by atoms with E-state index >= 15 is 0 Å². The van der Waals surface area contributed by atoms with Crippen LogP contribution < -0.4 is 5.32 Å². The van der Waals surface area contributed by atoms with Crippen molar-refractivity contribution in [3.63, 3.8) is 0 Å². The average molecular weight is 305 g/mol. The van der Waals surface area contributed by atoms with Crippen molar-refractivity contribution in [1.29, 1.82) is 0 Å². The van der Waals surface area contributed by atoms with E-state index < -0.39 is 0 Å². The Bertz CT molecular complexity index is 413. The molecule has 1 saturated carbocycles. The van der Waals surface area contributed by atoms with Gasteiger partial charge in [0.15, 0.2) is 0 Å². The summed E-state index contributed by atoms with van der Waals surface area (Å²) >= 11 is 0. The van der Waals surface area contributed by atoms with Gasteiger partial charge in [0.2, 0.25) is 5.91 Å². The molecule has 0 aromatic rings. The third-order valence-electron chi connectivity index (χ3n) is 6.65. The molecule has 3 saturated heterocycles. The molecular weight excluding hydrogens is 274 g/mol. The minimum atomic E-state index is 0.364. The van der Waals surface area contributed by atoms with Crippen LogP contribution in [0.1, 0.15) is 44.9 Å². The Morgan fingerprint density at radius 3 is 2.64 bits per heavy atom. The zero-order valence-electron chi connectivity index (χ0n) is 13.9. The molecule has 0 radical (unpaired) electrons. The van der Waals surface area contributed by atoms with Crippen LogP contribution in [0.15, 0.2) is 0 Å². The van der Waals surface area contributed by atoms with E-state index in [0.717, 1.165) is 32.1 Å². The smallest absolute Gasteiger partial charge is 0.226 e. The van der Waals surface area contributed by atoms with Crippen LogP contribution in [-0.2, 0) is 4.79 Å². The van der Waals surface area contributed by atoms with Crippen LogP contribution in [0.4, 0.5) is 0 Å². The fourth-order valence-corrected chi connectivity index (χ4v) is 5.08. The van der Waals surface area contributed by atoms with Gasteiger partial charge in [0.25, 0.3) is 0 Å². The summed E-state index contributed by atoms with van der Waals surface area (Å²) in [6, 6.07) is 0. The maximum Gasteiger partial charge on any atom is 0.226 e. The molecule has 0 bridgehead atoms. The van der Waals surface area contributed by atoms with Crippen LogP contribution in [0.25, 0.3) is 0 Å². The predicted octanol–water partition coefficient (Wildman–Crippen LogP) is 1.71. The van der Waals surface area contributed by atoms with Gasteiger partial charge in [-0.3, -0.25) is 4.79 Å². The van der Waals surface area contributed by atoms with Crippen LogP contribution in [0, 0.1) is 17.3 Å². The second-order valence-electron chi connectivity index (χ2n) is 8.17. The van der Waals surface area contributed by atoms with E-state index in [1.165, 1.54) is 64.6 Å². The second kappa shape index (κ2) is 6.12. The highest BCUT2D eigenvalue weighted by atomic mass is 16.2. The third-order valence-corrected chi connectivity index (χ3v) is 6.65. The summed E-state index contributed by atoms with van der Waals surface area (Å²) in [6.07, 6.45) is 8.97. The quantitative estimate of drug-likeness (QED) is 0.862. The van der Waals surface area contributed by atoms with E-state index in [2.05, 4.69) is 15.1 Å². The van der Waals surface area contributed by atoms with Gasteiger partial charge in [0, 0.05) is 25.6 Å².